The second-order valence-corrected chi connectivity index (χ2v) is 8.44. The molecule has 0 aromatic carbocycles. The minimum Gasteiger partial charge on any atom is -0.299 e. The Morgan fingerprint density at radius 3 is 2.81 bits per heavy atom. The Morgan fingerprint density at radius 2 is 2.00 bits per heavy atom. The Morgan fingerprint density at radius 1 is 1.19 bits per heavy atom. The Kier molecular flexibility index (Phi) is 4.30. The third-order valence-electron chi connectivity index (χ3n) is 6.97. The first-order valence-electron chi connectivity index (χ1n) is 9.23. The molecule has 3 aliphatic carbocycles. The van der Waals surface area contributed by atoms with Crippen LogP contribution >= 0.6 is 0 Å². The zero-order chi connectivity index (χ0) is 15.0. The van der Waals surface area contributed by atoms with E-state index in [2.05, 4.69) is 26.8 Å². The van der Waals surface area contributed by atoms with Gasteiger partial charge in [-0.15, -0.1) is 0 Å². The fourth-order valence-corrected chi connectivity index (χ4v) is 5.41. The van der Waals surface area contributed by atoms with E-state index >= 15 is 0 Å². The average molecular weight is 288 g/mol. The summed E-state index contributed by atoms with van der Waals surface area (Å²) in [6.45, 7) is 7.06. The number of carbonyl (C=O) groups is 1. The van der Waals surface area contributed by atoms with Crippen molar-refractivity contribution in [3.05, 3.63) is 11.6 Å². The number of fused-ring (bicyclic) bond motifs is 1. The van der Waals surface area contributed by atoms with Gasteiger partial charge in [-0.2, -0.15) is 0 Å². The Bertz CT molecular complexity index is 435. The van der Waals surface area contributed by atoms with E-state index in [-0.39, 0.29) is 5.41 Å². The Labute approximate surface area is 130 Å². The van der Waals surface area contributed by atoms with E-state index in [0.717, 1.165) is 37.0 Å². The van der Waals surface area contributed by atoms with Crippen LogP contribution in [0.15, 0.2) is 11.6 Å². The third kappa shape index (κ3) is 2.85. The summed E-state index contributed by atoms with van der Waals surface area (Å²) in [7, 11) is 0. The molecule has 3 rings (SSSR count). The van der Waals surface area contributed by atoms with Crippen molar-refractivity contribution >= 4 is 5.78 Å². The van der Waals surface area contributed by atoms with Gasteiger partial charge in [0.05, 0.1) is 0 Å². The van der Waals surface area contributed by atoms with Crippen LogP contribution in [0.2, 0.25) is 0 Å². The summed E-state index contributed by atoms with van der Waals surface area (Å²) in [5.74, 6) is 3.67. The normalized spacial score (nSPS) is 45.9. The summed E-state index contributed by atoms with van der Waals surface area (Å²) in [4.78, 5) is 12.3. The van der Waals surface area contributed by atoms with Crippen LogP contribution in [-0.4, -0.2) is 5.78 Å². The van der Waals surface area contributed by atoms with E-state index < -0.39 is 0 Å². The van der Waals surface area contributed by atoms with Gasteiger partial charge in [-0.25, -0.2) is 0 Å². The van der Waals surface area contributed by atoms with Crippen LogP contribution in [0, 0.1) is 29.1 Å². The predicted molar refractivity (Wildman–Crippen MR) is 88.1 cm³/mol. The van der Waals surface area contributed by atoms with Crippen molar-refractivity contribution in [2.75, 3.05) is 0 Å². The molecule has 0 N–H and O–H groups in total. The number of carbonyl (C=O) groups excluding carboxylic acids is 1. The van der Waals surface area contributed by atoms with Gasteiger partial charge in [-0.3, -0.25) is 4.79 Å². The molecule has 0 heterocycles. The molecule has 0 spiro atoms. The number of allylic oxidation sites excluding steroid dienone is 2. The molecule has 3 aliphatic rings. The molecule has 0 unspecified atom stereocenters. The van der Waals surface area contributed by atoms with Crippen molar-refractivity contribution in [2.24, 2.45) is 29.1 Å². The lowest BCUT2D eigenvalue weighted by molar-refractivity contribution is -0.128. The third-order valence-corrected chi connectivity index (χ3v) is 6.97. The summed E-state index contributed by atoms with van der Waals surface area (Å²) in [5.41, 5.74) is 1.75. The van der Waals surface area contributed by atoms with Gasteiger partial charge < -0.3 is 0 Å². The maximum absolute atomic E-state index is 12.3. The van der Waals surface area contributed by atoms with Gasteiger partial charge in [0.25, 0.3) is 0 Å². The van der Waals surface area contributed by atoms with E-state index in [1.807, 2.05) is 0 Å². The summed E-state index contributed by atoms with van der Waals surface area (Å²) < 4.78 is 0. The quantitative estimate of drug-likeness (QED) is 0.609. The van der Waals surface area contributed by atoms with Gasteiger partial charge >= 0.3 is 0 Å². The van der Waals surface area contributed by atoms with E-state index in [1.54, 1.807) is 5.57 Å². The van der Waals surface area contributed by atoms with Crippen molar-refractivity contribution in [2.45, 2.75) is 78.6 Å². The monoisotopic (exact) mass is 288 g/mol. The first-order chi connectivity index (χ1) is 10.0. The van der Waals surface area contributed by atoms with E-state index in [4.69, 9.17) is 0 Å². The first kappa shape index (κ1) is 15.3. The molecule has 3 fully saturated rings. The van der Waals surface area contributed by atoms with Crippen LogP contribution in [0.3, 0.4) is 0 Å². The molecule has 0 radical (unpaired) electrons. The topological polar surface area (TPSA) is 17.1 Å². The highest BCUT2D eigenvalue weighted by atomic mass is 16.1. The number of rotatable bonds is 2. The van der Waals surface area contributed by atoms with Crippen LogP contribution in [0.5, 0.6) is 0 Å². The van der Waals surface area contributed by atoms with Gasteiger partial charge in [0.1, 0.15) is 5.78 Å². The second kappa shape index (κ2) is 5.89. The number of Topliss-reactive ketones (excluding diaryl/α,β-unsaturated/α-hetero) is 1. The fourth-order valence-electron chi connectivity index (χ4n) is 5.41. The fraction of sp³-hybridized carbons (Fsp3) is 0.850. The minimum atomic E-state index is 0.0346. The Hall–Kier alpha value is -0.590. The molecule has 0 aromatic rings. The maximum atomic E-state index is 12.3. The van der Waals surface area contributed by atoms with Gasteiger partial charge in [-0.05, 0) is 68.6 Å². The van der Waals surface area contributed by atoms with Crippen molar-refractivity contribution in [1.82, 2.24) is 0 Å². The van der Waals surface area contributed by atoms with Crippen LogP contribution in [0.1, 0.15) is 78.6 Å². The molecule has 0 saturated heterocycles. The molecule has 1 nitrogen and oxygen atoms in total. The standard InChI is InChI=1S/C20H32O/c1-14-6-7-15(2)17(13-14)9-8-16-5-4-12-20(3)18(16)10-11-19(20)21/h9,14-16,18H,4-8,10-13H2,1-3H3/b17-9-/t14-,15+,16-,18-,20-/m0/s1. The average Bonchev–Trinajstić information content (AvgIpc) is 2.76. The lowest BCUT2D eigenvalue weighted by Gasteiger charge is -2.40. The van der Waals surface area contributed by atoms with Gasteiger partial charge in [0, 0.05) is 11.8 Å². The molecule has 21 heavy (non-hydrogen) atoms. The number of ketones is 1. The molecule has 0 aliphatic heterocycles. The molecular weight excluding hydrogens is 256 g/mol. The molecule has 0 amide bonds. The summed E-state index contributed by atoms with van der Waals surface area (Å²) in [6, 6.07) is 0. The molecule has 0 bridgehead atoms. The molecule has 5 atom stereocenters. The van der Waals surface area contributed by atoms with Gasteiger partial charge in [0.15, 0.2) is 0 Å². The summed E-state index contributed by atoms with van der Waals surface area (Å²) >= 11 is 0. The second-order valence-electron chi connectivity index (χ2n) is 8.44. The van der Waals surface area contributed by atoms with Crippen molar-refractivity contribution < 1.29 is 4.79 Å². The first-order valence-corrected chi connectivity index (χ1v) is 9.23. The molecular formula is C20H32O. The van der Waals surface area contributed by atoms with E-state index in [9.17, 15) is 4.79 Å². The largest absolute Gasteiger partial charge is 0.299 e. The summed E-state index contributed by atoms with van der Waals surface area (Å²) in [5, 5.41) is 0. The molecule has 0 aromatic heterocycles. The van der Waals surface area contributed by atoms with Gasteiger partial charge in [-0.1, -0.05) is 38.8 Å². The highest BCUT2D eigenvalue weighted by molar-refractivity contribution is 5.87. The highest BCUT2D eigenvalue weighted by Crippen LogP contribution is 2.53. The van der Waals surface area contributed by atoms with Crippen molar-refractivity contribution in [3.63, 3.8) is 0 Å². The zero-order valence-electron chi connectivity index (χ0n) is 14.2. The lowest BCUT2D eigenvalue weighted by atomic mass is 9.63. The Balaban J connectivity index is 1.68. The van der Waals surface area contributed by atoms with Crippen LogP contribution in [-0.2, 0) is 4.79 Å². The van der Waals surface area contributed by atoms with Crippen LogP contribution < -0.4 is 0 Å². The van der Waals surface area contributed by atoms with Crippen molar-refractivity contribution in [3.8, 4) is 0 Å². The van der Waals surface area contributed by atoms with Gasteiger partial charge in [0.2, 0.25) is 0 Å². The molecule has 3 saturated carbocycles. The van der Waals surface area contributed by atoms with E-state index in [1.165, 1.54) is 38.5 Å². The predicted octanol–water partition coefficient (Wildman–Crippen LogP) is 5.54. The molecule has 118 valence electrons. The zero-order valence-corrected chi connectivity index (χ0v) is 14.2. The number of hydrogen-bond donors (Lipinski definition) is 0. The van der Waals surface area contributed by atoms with Crippen LogP contribution in [0.25, 0.3) is 0 Å². The smallest absolute Gasteiger partial charge is 0.139 e. The SMILES string of the molecule is C[C@H]1CC[C@@H](C)/C(=C\C[C@@H]2CCC[C@]3(C)C(=O)CC[C@@H]23)C1. The maximum Gasteiger partial charge on any atom is 0.139 e. The summed E-state index contributed by atoms with van der Waals surface area (Å²) in [6.07, 6.45) is 13.7. The highest BCUT2D eigenvalue weighted by Gasteiger charge is 2.50. The van der Waals surface area contributed by atoms with Crippen LogP contribution in [0.4, 0.5) is 0 Å². The minimum absolute atomic E-state index is 0.0346. The molecule has 1 heteroatoms. The lowest BCUT2D eigenvalue weighted by Crippen LogP contribution is -2.37. The van der Waals surface area contributed by atoms with E-state index in [0.29, 0.717) is 11.7 Å². The van der Waals surface area contributed by atoms with Crippen molar-refractivity contribution in [1.29, 1.82) is 0 Å². The number of hydrogen-bond acceptors (Lipinski definition) is 1.